The highest BCUT2D eigenvalue weighted by atomic mass is 32.2. The lowest BCUT2D eigenvalue weighted by Gasteiger charge is -2.28. The van der Waals surface area contributed by atoms with Gasteiger partial charge in [0.25, 0.3) is 5.91 Å². The summed E-state index contributed by atoms with van der Waals surface area (Å²) in [7, 11) is -3.86. The normalized spacial score (nSPS) is 18.8. The third-order valence-corrected chi connectivity index (χ3v) is 10.1. The minimum Gasteiger partial charge on any atom is -0.508 e. The van der Waals surface area contributed by atoms with Gasteiger partial charge >= 0.3 is 0 Å². The van der Waals surface area contributed by atoms with E-state index in [0.29, 0.717) is 23.1 Å². The van der Waals surface area contributed by atoms with Crippen molar-refractivity contribution < 1.29 is 27.9 Å². The van der Waals surface area contributed by atoms with Crippen molar-refractivity contribution in [2.45, 2.75) is 36.7 Å². The lowest BCUT2D eigenvalue weighted by molar-refractivity contribution is -0.138. The van der Waals surface area contributed by atoms with Gasteiger partial charge in [0.1, 0.15) is 17.8 Å². The monoisotopic (exact) mass is 624 g/mol. The molecule has 10 nitrogen and oxygen atoms in total. The van der Waals surface area contributed by atoms with Crippen LogP contribution >= 0.6 is 0 Å². The van der Waals surface area contributed by atoms with Crippen LogP contribution in [-0.4, -0.2) is 76.5 Å². The second-order valence-corrected chi connectivity index (χ2v) is 13.2. The number of likely N-dealkylation sites (tertiary alicyclic amines) is 1. The van der Waals surface area contributed by atoms with Crippen molar-refractivity contribution >= 4 is 27.6 Å². The SMILES string of the molecule is O=C(NC(Cc1cccc(O)c1)C(=O)N1CCC2C1C(=O)CN2S(=O)(=O)Cc1cccnc1)c1ccc(-c2ccccc2)cc1. The van der Waals surface area contributed by atoms with E-state index in [2.05, 4.69) is 10.3 Å². The van der Waals surface area contributed by atoms with Crippen molar-refractivity contribution in [2.75, 3.05) is 13.1 Å². The van der Waals surface area contributed by atoms with Crippen LogP contribution in [0.4, 0.5) is 0 Å². The fourth-order valence-corrected chi connectivity index (χ4v) is 7.88. The molecule has 0 saturated carbocycles. The Labute approximate surface area is 261 Å². The molecular weight excluding hydrogens is 592 g/mol. The van der Waals surface area contributed by atoms with Crippen LogP contribution in [0.5, 0.6) is 5.75 Å². The average molecular weight is 625 g/mol. The van der Waals surface area contributed by atoms with E-state index in [1.54, 1.807) is 42.6 Å². The summed E-state index contributed by atoms with van der Waals surface area (Å²) in [5, 5.41) is 12.9. The number of sulfonamides is 1. The van der Waals surface area contributed by atoms with Crippen LogP contribution in [0.1, 0.15) is 27.9 Å². The molecule has 6 rings (SSSR count). The molecular formula is C34H32N4O6S. The van der Waals surface area contributed by atoms with E-state index in [9.17, 15) is 27.9 Å². The topological polar surface area (TPSA) is 137 Å². The second-order valence-electron chi connectivity index (χ2n) is 11.3. The number of hydrogen-bond donors (Lipinski definition) is 2. The van der Waals surface area contributed by atoms with Crippen LogP contribution in [0.3, 0.4) is 0 Å². The first-order valence-electron chi connectivity index (χ1n) is 14.7. The molecule has 3 atom stereocenters. The maximum atomic E-state index is 14.1. The summed E-state index contributed by atoms with van der Waals surface area (Å²) in [6.07, 6.45) is 3.38. The molecule has 0 spiro atoms. The van der Waals surface area contributed by atoms with Gasteiger partial charge in [-0.15, -0.1) is 0 Å². The van der Waals surface area contributed by atoms with Gasteiger partial charge in [-0.1, -0.05) is 60.7 Å². The molecule has 230 valence electrons. The van der Waals surface area contributed by atoms with Crippen molar-refractivity contribution in [3.63, 3.8) is 0 Å². The average Bonchev–Trinajstić information content (AvgIpc) is 3.62. The fraction of sp³-hybridized carbons (Fsp3) is 0.235. The van der Waals surface area contributed by atoms with E-state index in [0.717, 1.165) is 11.1 Å². The number of aromatic hydroxyl groups is 1. The summed E-state index contributed by atoms with van der Waals surface area (Å²) in [5.41, 5.74) is 3.41. The quantitative estimate of drug-likeness (QED) is 0.292. The summed E-state index contributed by atoms with van der Waals surface area (Å²) in [4.78, 5) is 46.2. The highest BCUT2D eigenvalue weighted by molar-refractivity contribution is 7.88. The molecule has 2 saturated heterocycles. The smallest absolute Gasteiger partial charge is 0.251 e. The third kappa shape index (κ3) is 6.50. The van der Waals surface area contributed by atoms with Crippen molar-refractivity contribution in [3.05, 3.63) is 120 Å². The van der Waals surface area contributed by atoms with Gasteiger partial charge in [0.2, 0.25) is 15.9 Å². The molecule has 4 aromatic rings. The third-order valence-electron chi connectivity index (χ3n) is 8.30. The minimum absolute atomic E-state index is 0.0168. The van der Waals surface area contributed by atoms with Crippen LogP contribution in [-0.2, 0) is 31.8 Å². The maximum absolute atomic E-state index is 14.1. The number of benzene rings is 3. The number of carbonyl (C=O) groups is 3. The van der Waals surface area contributed by atoms with Crippen molar-refractivity contribution in [1.82, 2.24) is 19.5 Å². The van der Waals surface area contributed by atoms with Gasteiger partial charge in [0.05, 0.1) is 18.3 Å². The van der Waals surface area contributed by atoms with E-state index in [-0.39, 0.29) is 36.8 Å². The number of fused-ring (bicyclic) bond motifs is 1. The largest absolute Gasteiger partial charge is 0.508 e. The van der Waals surface area contributed by atoms with Crippen LogP contribution in [0.15, 0.2) is 103 Å². The molecule has 3 unspecified atom stereocenters. The molecule has 2 aliphatic rings. The van der Waals surface area contributed by atoms with Gasteiger partial charge < -0.3 is 15.3 Å². The highest BCUT2D eigenvalue weighted by Crippen LogP contribution is 2.33. The maximum Gasteiger partial charge on any atom is 0.251 e. The second kappa shape index (κ2) is 12.6. The molecule has 0 bridgehead atoms. The summed E-state index contributed by atoms with van der Waals surface area (Å²) in [5.74, 6) is -1.60. The predicted octanol–water partition coefficient (Wildman–Crippen LogP) is 3.18. The van der Waals surface area contributed by atoms with Gasteiger partial charge in [-0.2, -0.15) is 4.31 Å². The standard InChI is InChI=1S/C34H32N4O6S/c39-28-10-4-6-23(18-28)19-29(36-33(41)27-13-11-26(12-14-27)25-8-2-1-3-9-25)34(42)37-17-15-30-32(37)31(40)21-38(30)45(43,44)22-24-7-5-16-35-20-24/h1-14,16,18,20,29-30,32,39H,15,17,19,21-22H2,(H,36,41). The van der Waals surface area contributed by atoms with Gasteiger partial charge in [-0.3, -0.25) is 19.4 Å². The number of phenols is 1. The summed E-state index contributed by atoms with van der Waals surface area (Å²) < 4.78 is 27.9. The number of hydrogen-bond acceptors (Lipinski definition) is 7. The summed E-state index contributed by atoms with van der Waals surface area (Å²) >= 11 is 0. The van der Waals surface area contributed by atoms with E-state index in [1.165, 1.54) is 27.5 Å². The van der Waals surface area contributed by atoms with E-state index < -0.39 is 40.0 Å². The lowest BCUT2D eigenvalue weighted by Crippen LogP contribution is -2.53. The van der Waals surface area contributed by atoms with Crippen LogP contribution < -0.4 is 5.32 Å². The number of ketones is 1. The Morgan fingerprint density at radius 3 is 2.38 bits per heavy atom. The van der Waals surface area contributed by atoms with Crippen molar-refractivity contribution in [1.29, 1.82) is 0 Å². The number of amides is 2. The number of rotatable bonds is 9. The molecule has 45 heavy (non-hydrogen) atoms. The van der Waals surface area contributed by atoms with E-state index in [1.807, 2.05) is 42.5 Å². The minimum atomic E-state index is -3.86. The van der Waals surface area contributed by atoms with Gasteiger partial charge in [0, 0.05) is 30.9 Å². The Morgan fingerprint density at radius 2 is 1.67 bits per heavy atom. The number of pyridine rings is 1. The van der Waals surface area contributed by atoms with Crippen molar-refractivity contribution in [2.24, 2.45) is 0 Å². The van der Waals surface area contributed by atoms with Crippen LogP contribution in [0, 0.1) is 0 Å². The zero-order valence-electron chi connectivity index (χ0n) is 24.3. The molecule has 2 N–H and O–H groups in total. The van der Waals surface area contributed by atoms with Crippen LogP contribution in [0.25, 0.3) is 11.1 Å². The van der Waals surface area contributed by atoms with Gasteiger partial charge in [0.15, 0.2) is 5.78 Å². The molecule has 1 aromatic heterocycles. The first kappa shape index (κ1) is 30.2. The Hall–Kier alpha value is -4.87. The van der Waals surface area contributed by atoms with Gasteiger partial charge in [-0.25, -0.2) is 8.42 Å². The number of carbonyl (C=O) groups excluding carboxylic acids is 3. The number of nitrogens with zero attached hydrogens (tertiary/aromatic N) is 3. The fourth-order valence-electron chi connectivity index (χ4n) is 6.16. The summed E-state index contributed by atoms with van der Waals surface area (Å²) in [6, 6.07) is 23.8. The molecule has 0 radical (unpaired) electrons. The predicted molar refractivity (Wildman–Crippen MR) is 167 cm³/mol. The molecule has 3 heterocycles. The molecule has 11 heteroatoms. The molecule has 0 aliphatic carbocycles. The van der Waals surface area contributed by atoms with Crippen molar-refractivity contribution in [3.8, 4) is 16.9 Å². The lowest BCUT2D eigenvalue weighted by atomic mass is 10.0. The number of phenolic OH excluding ortho intramolecular Hbond substituents is 1. The number of Topliss-reactive ketones (excluding diaryl/α,β-unsaturated/α-hetero) is 1. The Bertz CT molecular complexity index is 1820. The first-order chi connectivity index (χ1) is 21.7. The zero-order chi connectivity index (χ0) is 31.6. The zero-order valence-corrected chi connectivity index (χ0v) is 25.1. The number of nitrogens with one attached hydrogen (secondary N) is 1. The molecule has 2 fully saturated rings. The Kier molecular flexibility index (Phi) is 8.46. The van der Waals surface area contributed by atoms with E-state index >= 15 is 0 Å². The Balaban J connectivity index is 1.22. The molecule has 3 aromatic carbocycles. The number of aromatic nitrogens is 1. The molecule has 2 aliphatic heterocycles. The van der Waals surface area contributed by atoms with Crippen LogP contribution in [0.2, 0.25) is 0 Å². The van der Waals surface area contributed by atoms with E-state index in [4.69, 9.17) is 0 Å². The first-order valence-corrected chi connectivity index (χ1v) is 16.3. The van der Waals surface area contributed by atoms with Gasteiger partial charge in [-0.05, 0) is 59.0 Å². The summed E-state index contributed by atoms with van der Waals surface area (Å²) in [6.45, 7) is -0.157. The highest BCUT2D eigenvalue weighted by Gasteiger charge is 2.54. The Morgan fingerprint density at radius 1 is 0.933 bits per heavy atom. The molecule has 2 amide bonds.